The van der Waals surface area contributed by atoms with Gasteiger partial charge < -0.3 is 24.3 Å². The predicted molar refractivity (Wildman–Crippen MR) is 111 cm³/mol. The summed E-state index contributed by atoms with van der Waals surface area (Å²) in [5, 5.41) is 2.79. The number of nitrogens with one attached hydrogen (secondary N) is 1. The normalized spacial score (nSPS) is 13.1. The van der Waals surface area contributed by atoms with Crippen LogP contribution in [-0.4, -0.2) is 31.9 Å². The predicted octanol–water partition coefficient (Wildman–Crippen LogP) is 3.65. The first kappa shape index (κ1) is 21.5. The van der Waals surface area contributed by atoms with Crippen molar-refractivity contribution in [1.29, 1.82) is 0 Å². The molecule has 0 fully saturated rings. The first-order chi connectivity index (χ1) is 14.3. The third-order valence-electron chi connectivity index (χ3n) is 4.86. The standard InChI is InChI=1S/C23H27NO6/c1-14(2)19-7-6-18(9-15(19)3)27-12-23(26)28-11-22(25)24-16(4)17-5-8-20-21(10-17)30-13-29-20/h5-10,14,16H,11-13H2,1-4H3,(H,24,25)/t16-/m0/s1. The van der Waals surface area contributed by atoms with E-state index in [1.54, 1.807) is 6.07 Å². The van der Waals surface area contributed by atoms with Crippen LogP contribution in [0.25, 0.3) is 0 Å². The lowest BCUT2D eigenvalue weighted by Crippen LogP contribution is -2.31. The Morgan fingerprint density at radius 1 is 1.03 bits per heavy atom. The molecule has 1 aliphatic heterocycles. The van der Waals surface area contributed by atoms with Gasteiger partial charge in [-0.2, -0.15) is 0 Å². The molecular formula is C23H27NO6. The number of fused-ring (bicyclic) bond motifs is 1. The van der Waals surface area contributed by atoms with Gasteiger partial charge in [-0.25, -0.2) is 4.79 Å². The molecule has 0 spiro atoms. The van der Waals surface area contributed by atoms with Crippen molar-refractivity contribution in [2.45, 2.75) is 39.7 Å². The van der Waals surface area contributed by atoms with Crippen LogP contribution in [0, 0.1) is 6.92 Å². The molecule has 160 valence electrons. The van der Waals surface area contributed by atoms with Crippen molar-refractivity contribution in [3.8, 4) is 17.2 Å². The van der Waals surface area contributed by atoms with Crippen LogP contribution in [-0.2, 0) is 14.3 Å². The molecule has 2 aromatic rings. The van der Waals surface area contributed by atoms with Crippen LogP contribution < -0.4 is 19.5 Å². The number of benzene rings is 2. The van der Waals surface area contributed by atoms with Gasteiger partial charge in [0.2, 0.25) is 6.79 Å². The van der Waals surface area contributed by atoms with Crippen LogP contribution in [0.5, 0.6) is 17.2 Å². The first-order valence-corrected chi connectivity index (χ1v) is 9.91. The molecule has 0 aromatic heterocycles. The molecule has 7 heteroatoms. The highest BCUT2D eigenvalue weighted by Crippen LogP contribution is 2.34. The van der Waals surface area contributed by atoms with Gasteiger partial charge in [-0.05, 0) is 60.7 Å². The summed E-state index contributed by atoms with van der Waals surface area (Å²) in [4.78, 5) is 24.0. The second kappa shape index (κ2) is 9.52. The van der Waals surface area contributed by atoms with E-state index < -0.39 is 11.9 Å². The van der Waals surface area contributed by atoms with Gasteiger partial charge in [-0.1, -0.05) is 26.0 Å². The van der Waals surface area contributed by atoms with Crippen molar-refractivity contribution in [1.82, 2.24) is 5.32 Å². The van der Waals surface area contributed by atoms with Crippen LogP contribution in [0.1, 0.15) is 49.4 Å². The molecule has 0 saturated carbocycles. The fraction of sp³-hybridized carbons (Fsp3) is 0.391. The maximum absolute atomic E-state index is 12.1. The Morgan fingerprint density at radius 2 is 1.80 bits per heavy atom. The number of esters is 1. The Hall–Kier alpha value is -3.22. The van der Waals surface area contributed by atoms with Crippen molar-refractivity contribution >= 4 is 11.9 Å². The number of amides is 1. The summed E-state index contributed by atoms with van der Waals surface area (Å²) in [6, 6.07) is 10.9. The number of aryl methyl sites for hydroxylation is 1. The lowest BCUT2D eigenvalue weighted by molar-refractivity contribution is -0.150. The van der Waals surface area contributed by atoms with E-state index in [9.17, 15) is 9.59 Å². The molecule has 0 aliphatic carbocycles. The highest BCUT2D eigenvalue weighted by Gasteiger charge is 2.17. The number of carbonyl (C=O) groups is 2. The summed E-state index contributed by atoms with van der Waals surface area (Å²) in [7, 11) is 0. The second-order valence-electron chi connectivity index (χ2n) is 7.52. The maximum atomic E-state index is 12.1. The number of ether oxygens (including phenoxy) is 4. The van der Waals surface area contributed by atoms with Gasteiger partial charge in [0, 0.05) is 0 Å². The summed E-state index contributed by atoms with van der Waals surface area (Å²) < 4.78 is 21.1. The fourth-order valence-corrected chi connectivity index (χ4v) is 3.26. The molecule has 3 rings (SSSR count). The van der Waals surface area contributed by atoms with Gasteiger partial charge in [0.1, 0.15) is 5.75 Å². The van der Waals surface area contributed by atoms with E-state index >= 15 is 0 Å². The summed E-state index contributed by atoms with van der Waals surface area (Å²) in [6.45, 7) is 7.65. The minimum Gasteiger partial charge on any atom is -0.482 e. The van der Waals surface area contributed by atoms with Crippen molar-refractivity contribution in [2.75, 3.05) is 20.0 Å². The zero-order valence-electron chi connectivity index (χ0n) is 17.7. The number of rotatable bonds is 8. The van der Waals surface area contributed by atoms with E-state index in [-0.39, 0.29) is 26.0 Å². The molecule has 0 unspecified atom stereocenters. The molecule has 1 aliphatic rings. The van der Waals surface area contributed by atoms with E-state index in [0.717, 1.165) is 11.1 Å². The van der Waals surface area contributed by atoms with Crippen molar-refractivity contribution < 1.29 is 28.5 Å². The molecule has 1 N–H and O–H groups in total. The molecular weight excluding hydrogens is 386 g/mol. The van der Waals surface area contributed by atoms with E-state index in [4.69, 9.17) is 18.9 Å². The second-order valence-corrected chi connectivity index (χ2v) is 7.52. The van der Waals surface area contributed by atoms with Crippen LogP contribution in [0.2, 0.25) is 0 Å². The van der Waals surface area contributed by atoms with E-state index in [0.29, 0.717) is 23.2 Å². The first-order valence-electron chi connectivity index (χ1n) is 9.91. The summed E-state index contributed by atoms with van der Waals surface area (Å²) in [5.74, 6) is 1.34. The molecule has 7 nitrogen and oxygen atoms in total. The van der Waals surface area contributed by atoms with Gasteiger partial charge in [-0.3, -0.25) is 4.79 Å². The maximum Gasteiger partial charge on any atom is 0.344 e. The Bertz CT molecular complexity index is 924. The average molecular weight is 413 g/mol. The van der Waals surface area contributed by atoms with Gasteiger partial charge >= 0.3 is 5.97 Å². The number of hydrogen-bond acceptors (Lipinski definition) is 6. The van der Waals surface area contributed by atoms with Gasteiger partial charge in [0.15, 0.2) is 24.7 Å². The SMILES string of the molecule is Cc1cc(OCC(=O)OCC(=O)N[C@@H](C)c2ccc3c(c2)OCO3)ccc1C(C)C. The van der Waals surface area contributed by atoms with Crippen LogP contribution in [0.15, 0.2) is 36.4 Å². The third kappa shape index (κ3) is 5.43. The molecule has 30 heavy (non-hydrogen) atoms. The van der Waals surface area contributed by atoms with E-state index in [1.165, 1.54) is 5.56 Å². The third-order valence-corrected chi connectivity index (χ3v) is 4.86. The summed E-state index contributed by atoms with van der Waals surface area (Å²) in [6.07, 6.45) is 0. The lowest BCUT2D eigenvalue weighted by atomic mass is 9.98. The summed E-state index contributed by atoms with van der Waals surface area (Å²) in [5.41, 5.74) is 3.20. The Kier molecular flexibility index (Phi) is 6.82. The molecule has 1 atom stereocenters. The van der Waals surface area contributed by atoms with Crippen molar-refractivity contribution in [3.05, 3.63) is 53.1 Å². The number of hydrogen-bond donors (Lipinski definition) is 1. The summed E-state index contributed by atoms with van der Waals surface area (Å²) >= 11 is 0. The molecule has 0 radical (unpaired) electrons. The average Bonchev–Trinajstić information content (AvgIpc) is 3.18. The number of carbonyl (C=O) groups excluding carboxylic acids is 2. The molecule has 0 bridgehead atoms. The van der Waals surface area contributed by atoms with Gasteiger partial charge in [-0.15, -0.1) is 0 Å². The zero-order valence-corrected chi connectivity index (χ0v) is 17.7. The molecule has 1 heterocycles. The monoisotopic (exact) mass is 413 g/mol. The fourth-order valence-electron chi connectivity index (χ4n) is 3.26. The van der Waals surface area contributed by atoms with Crippen LogP contribution in [0.3, 0.4) is 0 Å². The molecule has 0 saturated heterocycles. The Balaban J connectivity index is 1.42. The molecule has 1 amide bonds. The van der Waals surface area contributed by atoms with Gasteiger partial charge in [0.05, 0.1) is 6.04 Å². The Morgan fingerprint density at radius 3 is 2.53 bits per heavy atom. The topological polar surface area (TPSA) is 83.1 Å². The van der Waals surface area contributed by atoms with Gasteiger partial charge in [0.25, 0.3) is 5.91 Å². The zero-order chi connectivity index (χ0) is 21.7. The van der Waals surface area contributed by atoms with Crippen molar-refractivity contribution in [2.24, 2.45) is 0 Å². The quantitative estimate of drug-likeness (QED) is 0.665. The van der Waals surface area contributed by atoms with E-state index in [1.807, 2.05) is 44.2 Å². The highest BCUT2D eigenvalue weighted by molar-refractivity contribution is 5.81. The minimum absolute atomic E-state index is 0.193. The largest absolute Gasteiger partial charge is 0.482 e. The smallest absolute Gasteiger partial charge is 0.344 e. The Labute approximate surface area is 176 Å². The van der Waals surface area contributed by atoms with Crippen LogP contribution in [0.4, 0.5) is 0 Å². The van der Waals surface area contributed by atoms with Crippen LogP contribution >= 0.6 is 0 Å². The van der Waals surface area contributed by atoms with E-state index in [2.05, 4.69) is 19.2 Å². The molecule has 2 aromatic carbocycles. The highest BCUT2D eigenvalue weighted by atomic mass is 16.7. The lowest BCUT2D eigenvalue weighted by Gasteiger charge is -2.15. The van der Waals surface area contributed by atoms with Crippen molar-refractivity contribution in [3.63, 3.8) is 0 Å². The minimum atomic E-state index is -0.605.